The van der Waals surface area contributed by atoms with E-state index in [0.29, 0.717) is 6.04 Å². The number of hydrogen-bond acceptors (Lipinski definition) is 2. The number of nitrogens with zero attached hydrogens (tertiary/aromatic N) is 1. The van der Waals surface area contributed by atoms with Crippen molar-refractivity contribution in [3.8, 4) is 0 Å². The summed E-state index contributed by atoms with van der Waals surface area (Å²) in [4.78, 5) is 18.0. The Bertz CT molecular complexity index is 611. The number of aromatic amines is 1. The molecule has 21 heavy (non-hydrogen) atoms. The lowest BCUT2D eigenvalue weighted by atomic mass is 10.0. The summed E-state index contributed by atoms with van der Waals surface area (Å²) in [5.74, 6) is 0.0482. The van der Waals surface area contributed by atoms with Gasteiger partial charge in [-0.25, -0.2) is 0 Å². The van der Waals surface area contributed by atoms with Crippen molar-refractivity contribution in [3.63, 3.8) is 0 Å². The molecule has 4 heteroatoms. The topological polar surface area (TPSA) is 48.1 Å². The maximum absolute atomic E-state index is 12.4. The average Bonchev–Trinajstić information content (AvgIpc) is 2.97. The van der Waals surface area contributed by atoms with E-state index >= 15 is 0 Å². The highest BCUT2D eigenvalue weighted by molar-refractivity contribution is 5.98. The number of benzene rings is 1. The second-order valence-corrected chi connectivity index (χ2v) is 5.87. The first-order valence-corrected chi connectivity index (χ1v) is 7.86. The Labute approximate surface area is 125 Å². The summed E-state index contributed by atoms with van der Waals surface area (Å²) in [5.41, 5.74) is 1.82. The molecular weight excluding hydrogens is 262 g/mol. The van der Waals surface area contributed by atoms with E-state index in [1.165, 1.54) is 13.0 Å². The molecule has 0 unspecified atom stereocenters. The summed E-state index contributed by atoms with van der Waals surface area (Å²) >= 11 is 0. The van der Waals surface area contributed by atoms with Crippen LogP contribution in [0.5, 0.6) is 0 Å². The van der Waals surface area contributed by atoms with Gasteiger partial charge >= 0.3 is 0 Å². The number of rotatable bonds is 4. The highest BCUT2D eigenvalue weighted by Crippen LogP contribution is 2.16. The van der Waals surface area contributed by atoms with Crippen molar-refractivity contribution in [2.24, 2.45) is 0 Å². The minimum atomic E-state index is 0.0482. The van der Waals surface area contributed by atoms with Crippen molar-refractivity contribution in [1.29, 1.82) is 0 Å². The van der Waals surface area contributed by atoms with Gasteiger partial charge in [0.1, 0.15) is 0 Å². The van der Waals surface area contributed by atoms with Crippen LogP contribution in [0, 0.1) is 0 Å². The van der Waals surface area contributed by atoms with Gasteiger partial charge in [-0.05, 0) is 50.1 Å². The Hall–Kier alpha value is -1.81. The average molecular weight is 285 g/mol. The lowest BCUT2D eigenvalue weighted by Gasteiger charge is -2.32. The summed E-state index contributed by atoms with van der Waals surface area (Å²) in [6.45, 7) is 5.57. The van der Waals surface area contributed by atoms with E-state index in [1.807, 2.05) is 30.5 Å². The Morgan fingerprint density at radius 1 is 1.33 bits per heavy atom. The predicted molar refractivity (Wildman–Crippen MR) is 85.5 cm³/mol. The minimum Gasteiger partial charge on any atom is -0.361 e. The van der Waals surface area contributed by atoms with Crippen LogP contribution < -0.4 is 5.32 Å². The van der Waals surface area contributed by atoms with E-state index in [9.17, 15) is 4.79 Å². The molecule has 0 spiro atoms. The van der Waals surface area contributed by atoms with Gasteiger partial charge in [-0.3, -0.25) is 4.79 Å². The Kier molecular flexibility index (Phi) is 4.25. The molecule has 2 N–H and O–H groups in total. The van der Waals surface area contributed by atoms with E-state index < -0.39 is 0 Å². The highest BCUT2D eigenvalue weighted by atomic mass is 16.1. The smallest absolute Gasteiger partial charge is 0.251 e. The summed E-state index contributed by atoms with van der Waals surface area (Å²) in [6, 6.07) is 8.12. The fraction of sp³-hybridized carbons (Fsp3) is 0.471. The fourth-order valence-corrected chi connectivity index (χ4v) is 3.08. The van der Waals surface area contributed by atoms with Crippen molar-refractivity contribution in [2.45, 2.75) is 32.2 Å². The number of likely N-dealkylation sites (tertiary alicyclic amines) is 1. The number of piperidine rings is 1. The number of carbonyl (C=O) groups is 1. The first kappa shape index (κ1) is 14.1. The molecule has 2 heterocycles. The molecule has 1 amide bonds. The monoisotopic (exact) mass is 285 g/mol. The number of fused-ring (bicyclic) bond motifs is 1. The van der Waals surface area contributed by atoms with Gasteiger partial charge in [0, 0.05) is 41.8 Å². The SMILES string of the molecule is CCCN1CCC(NC(=O)c2ccc3[nH]ccc3c2)CC1. The molecule has 1 aromatic heterocycles. The first-order valence-electron chi connectivity index (χ1n) is 7.86. The molecule has 1 fully saturated rings. The molecule has 0 saturated carbocycles. The van der Waals surface area contributed by atoms with Gasteiger partial charge in [-0.15, -0.1) is 0 Å². The molecule has 0 aliphatic carbocycles. The highest BCUT2D eigenvalue weighted by Gasteiger charge is 2.20. The van der Waals surface area contributed by atoms with Gasteiger partial charge in [0.25, 0.3) is 5.91 Å². The molecular formula is C17H23N3O. The van der Waals surface area contributed by atoms with Crippen LogP contribution in [-0.2, 0) is 0 Å². The van der Waals surface area contributed by atoms with Crippen molar-refractivity contribution >= 4 is 16.8 Å². The summed E-state index contributed by atoms with van der Waals surface area (Å²) in [6.07, 6.45) is 5.21. The van der Waals surface area contributed by atoms with Crippen LogP contribution in [0.3, 0.4) is 0 Å². The fourth-order valence-electron chi connectivity index (χ4n) is 3.08. The molecule has 112 valence electrons. The van der Waals surface area contributed by atoms with Gasteiger partial charge in [-0.2, -0.15) is 0 Å². The van der Waals surface area contributed by atoms with Crippen LogP contribution in [0.15, 0.2) is 30.5 Å². The molecule has 1 aliphatic heterocycles. The van der Waals surface area contributed by atoms with E-state index in [1.54, 1.807) is 0 Å². The third-order valence-corrected chi connectivity index (χ3v) is 4.28. The van der Waals surface area contributed by atoms with Crippen LogP contribution in [0.25, 0.3) is 10.9 Å². The number of hydrogen-bond donors (Lipinski definition) is 2. The molecule has 0 bridgehead atoms. The first-order chi connectivity index (χ1) is 10.3. The third-order valence-electron chi connectivity index (χ3n) is 4.28. The maximum atomic E-state index is 12.4. The normalized spacial score (nSPS) is 17.2. The van der Waals surface area contributed by atoms with Gasteiger partial charge in [-0.1, -0.05) is 6.92 Å². The van der Waals surface area contributed by atoms with E-state index in [2.05, 4.69) is 22.1 Å². The molecule has 1 aromatic carbocycles. The Balaban J connectivity index is 1.59. The van der Waals surface area contributed by atoms with Gasteiger partial charge in [0.15, 0.2) is 0 Å². The Morgan fingerprint density at radius 2 is 2.14 bits per heavy atom. The van der Waals surface area contributed by atoms with Gasteiger partial charge < -0.3 is 15.2 Å². The molecule has 1 aliphatic rings. The van der Waals surface area contributed by atoms with Crippen molar-refractivity contribution < 1.29 is 4.79 Å². The lowest BCUT2D eigenvalue weighted by Crippen LogP contribution is -2.44. The molecule has 1 saturated heterocycles. The number of amides is 1. The molecule has 4 nitrogen and oxygen atoms in total. The van der Waals surface area contributed by atoms with Crippen molar-refractivity contribution in [1.82, 2.24) is 15.2 Å². The maximum Gasteiger partial charge on any atom is 0.251 e. The lowest BCUT2D eigenvalue weighted by molar-refractivity contribution is 0.0911. The molecule has 0 atom stereocenters. The zero-order valence-electron chi connectivity index (χ0n) is 12.6. The number of nitrogens with one attached hydrogen (secondary N) is 2. The quantitative estimate of drug-likeness (QED) is 0.907. The van der Waals surface area contributed by atoms with Gasteiger partial charge in [0.05, 0.1) is 0 Å². The van der Waals surface area contributed by atoms with Crippen LogP contribution in [0.2, 0.25) is 0 Å². The van der Waals surface area contributed by atoms with E-state index in [0.717, 1.165) is 42.4 Å². The molecule has 3 rings (SSSR count). The van der Waals surface area contributed by atoms with Crippen LogP contribution in [0.1, 0.15) is 36.5 Å². The number of aromatic nitrogens is 1. The molecule has 2 aromatic rings. The largest absolute Gasteiger partial charge is 0.361 e. The van der Waals surface area contributed by atoms with Crippen LogP contribution in [-0.4, -0.2) is 41.5 Å². The summed E-state index contributed by atoms with van der Waals surface area (Å²) in [7, 11) is 0. The summed E-state index contributed by atoms with van der Waals surface area (Å²) < 4.78 is 0. The van der Waals surface area contributed by atoms with E-state index in [-0.39, 0.29) is 5.91 Å². The van der Waals surface area contributed by atoms with Crippen LogP contribution >= 0.6 is 0 Å². The predicted octanol–water partition coefficient (Wildman–Crippen LogP) is 2.77. The van der Waals surface area contributed by atoms with Crippen LogP contribution in [0.4, 0.5) is 0 Å². The minimum absolute atomic E-state index is 0.0482. The number of H-pyrrole nitrogens is 1. The third kappa shape index (κ3) is 3.27. The molecule has 0 radical (unpaired) electrons. The second-order valence-electron chi connectivity index (χ2n) is 5.87. The van der Waals surface area contributed by atoms with Gasteiger partial charge in [0.2, 0.25) is 0 Å². The summed E-state index contributed by atoms with van der Waals surface area (Å²) in [5, 5.41) is 4.26. The number of carbonyl (C=O) groups excluding carboxylic acids is 1. The van der Waals surface area contributed by atoms with E-state index in [4.69, 9.17) is 0 Å². The zero-order chi connectivity index (χ0) is 14.7. The second kappa shape index (κ2) is 6.31. The van der Waals surface area contributed by atoms with Crippen molar-refractivity contribution in [2.75, 3.05) is 19.6 Å². The standard InChI is InChI=1S/C17H23N3O/c1-2-9-20-10-6-15(7-11-20)19-17(21)14-3-4-16-13(12-14)5-8-18-16/h3-5,8,12,15,18H,2,6-7,9-11H2,1H3,(H,19,21). The van der Waals surface area contributed by atoms with Crippen molar-refractivity contribution in [3.05, 3.63) is 36.0 Å². The Morgan fingerprint density at radius 3 is 2.90 bits per heavy atom. The zero-order valence-corrected chi connectivity index (χ0v) is 12.6.